The maximum absolute atomic E-state index is 12.9. The van der Waals surface area contributed by atoms with Crippen LogP contribution >= 0.6 is 11.3 Å². The van der Waals surface area contributed by atoms with E-state index in [-0.39, 0.29) is 17.3 Å². The van der Waals surface area contributed by atoms with Crippen molar-refractivity contribution in [1.29, 1.82) is 0 Å². The number of nitrogens with zero attached hydrogens (tertiary/aromatic N) is 5. The molecule has 0 radical (unpaired) electrons. The number of carbonyl (C=O) groups excluding carboxylic acids is 1. The van der Waals surface area contributed by atoms with Crippen molar-refractivity contribution in [2.45, 2.75) is 0 Å². The molecule has 0 saturated carbocycles. The Bertz CT molecular complexity index is 1320. The van der Waals surface area contributed by atoms with E-state index in [4.69, 9.17) is 0 Å². The van der Waals surface area contributed by atoms with E-state index in [1.54, 1.807) is 30.9 Å². The summed E-state index contributed by atoms with van der Waals surface area (Å²) >= 11 is 1.25. The van der Waals surface area contributed by atoms with E-state index in [1.807, 2.05) is 24.3 Å². The molecular weight excluding hydrogens is 414 g/mol. The van der Waals surface area contributed by atoms with Crippen LogP contribution in [0.1, 0.15) is 10.5 Å². The summed E-state index contributed by atoms with van der Waals surface area (Å²) in [6.07, 6.45) is 3.27. The SMILES string of the molecule is Cn1c(=O)n(-c2nc(C(=O)Nc3ccccc3N3CCNCC3)cs2)c2ccncc21. The van der Waals surface area contributed by atoms with Crippen LogP contribution in [0.15, 0.2) is 52.9 Å². The number of anilines is 2. The summed E-state index contributed by atoms with van der Waals surface area (Å²) in [5.74, 6) is -0.306. The van der Waals surface area contributed by atoms with E-state index in [0.29, 0.717) is 16.2 Å². The van der Waals surface area contributed by atoms with Gasteiger partial charge in [0.25, 0.3) is 5.91 Å². The quantitative estimate of drug-likeness (QED) is 0.508. The average molecular weight is 436 g/mol. The summed E-state index contributed by atoms with van der Waals surface area (Å²) in [4.78, 5) is 36.5. The number of hydrogen-bond acceptors (Lipinski definition) is 7. The summed E-state index contributed by atoms with van der Waals surface area (Å²) < 4.78 is 3.03. The number of benzene rings is 1. The fourth-order valence-electron chi connectivity index (χ4n) is 3.79. The zero-order valence-electron chi connectivity index (χ0n) is 16.9. The number of nitrogens with one attached hydrogen (secondary N) is 2. The van der Waals surface area contributed by atoms with Gasteiger partial charge in [-0.1, -0.05) is 12.1 Å². The minimum Gasteiger partial charge on any atom is -0.367 e. The predicted molar refractivity (Wildman–Crippen MR) is 121 cm³/mol. The Hall–Kier alpha value is -3.50. The van der Waals surface area contributed by atoms with Crippen molar-refractivity contribution in [1.82, 2.24) is 24.4 Å². The van der Waals surface area contributed by atoms with Crippen LogP contribution in [-0.2, 0) is 7.05 Å². The molecular formula is C21H21N7O2S. The molecule has 0 spiro atoms. The van der Waals surface area contributed by atoms with E-state index in [0.717, 1.165) is 37.6 Å². The Morgan fingerprint density at radius 1 is 1.16 bits per heavy atom. The molecule has 1 aliphatic rings. The second-order valence-corrected chi connectivity index (χ2v) is 8.10. The molecule has 31 heavy (non-hydrogen) atoms. The van der Waals surface area contributed by atoms with Crippen LogP contribution in [0.25, 0.3) is 16.2 Å². The molecule has 1 fully saturated rings. The lowest BCUT2D eigenvalue weighted by Crippen LogP contribution is -2.43. The zero-order chi connectivity index (χ0) is 21.4. The van der Waals surface area contributed by atoms with E-state index in [1.165, 1.54) is 20.5 Å². The van der Waals surface area contributed by atoms with Crippen LogP contribution in [0.3, 0.4) is 0 Å². The van der Waals surface area contributed by atoms with Crippen molar-refractivity contribution >= 4 is 39.7 Å². The summed E-state index contributed by atoms with van der Waals surface area (Å²) in [5, 5.41) is 8.44. The van der Waals surface area contributed by atoms with Crippen LogP contribution in [0.5, 0.6) is 0 Å². The largest absolute Gasteiger partial charge is 0.367 e. The lowest BCUT2D eigenvalue weighted by Gasteiger charge is -2.31. The molecule has 1 aliphatic heterocycles. The summed E-state index contributed by atoms with van der Waals surface area (Å²) in [6.45, 7) is 3.58. The van der Waals surface area contributed by atoms with Crippen LogP contribution in [0, 0.1) is 0 Å². The number of para-hydroxylation sites is 2. The van der Waals surface area contributed by atoms with Gasteiger partial charge in [-0.2, -0.15) is 0 Å². The van der Waals surface area contributed by atoms with Gasteiger partial charge in [0.05, 0.1) is 28.6 Å². The van der Waals surface area contributed by atoms with Crippen molar-refractivity contribution < 1.29 is 4.79 Å². The number of hydrogen-bond donors (Lipinski definition) is 2. The van der Waals surface area contributed by atoms with Crippen LogP contribution in [0.4, 0.5) is 11.4 Å². The maximum Gasteiger partial charge on any atom is 0.335 e. The van der Waals surface area contributed by atoms with Gasteiger partial charge in [-0.25, -0.2) is 14.3 Å². The number of piperazine rings is 1. The maximum atomic E-state index is 12.9. The number of rotatable bonds is 4. The fraction of sp³-hybridized carbons (Fsp3) is 0.238. The van der Waals surface area contributed by atoms with Crippen molar-refractivity contribution in [3.05, 3.63) is 64.3 Å². The Morgan fingerprint density at radius 3 is 2.81 bits per heavy atom. The topological polar surface area (TPSA) is 97.1 Å². The Labute approximate surface area is 182 Å². The highest BCUT2D eigenvalue weighted by Crippen LogP contribution is 2.27. The second kappa shape index (κ2) is 7.97. The third-order valence-electron chi connectivity index (χ3n) is 5.38. The minimum absolute atomic E-state index is 0.228. The van der Waals surface area contributed by atoms with Crippen LogP contribution < -0.4 is 21.2 Å². The Kier molecular flexibility index (Phi) is 5.00. The number of imidazole rings is 1. The number of fused-ring (bicyclic) bond motifs is 1. The van der Waals surface area contributed by atoms with Crippen LogP contribution in [-0.4, -0.2) is 51.2 Å². The first kappa shape index (κ1) is 19.5. The second-order valence-electron chi connectivity index (χ2n) is 7.27. The zero-order valence-corrected chi connectivity index (χ0v) is 17.7. The number of pyridine rings is 1. The fourth-order valence-corrected chi connectivity index (χ4v) is 4.60. The van der Waals surface area contributed by atoms with Gasteiger partial charge >= 0.3 is 5.69 Å². The highest BCUT2D eigenvalue weighted by Gasteiger charge is 2.19. The first-order valence-corrected chi connectivity index (χ1v) is 10.8. The van der Waals surface area contributed by atoms with Crippen LogP contribution in [0.2, 0.25) is 0 Å². The van der Waals surface area contributed by atoms with E-state index < -0.39 is 0 Å². The number of carbonyl (C=O) groups is 1. The molecule has 1 aromatic carbocycles. The number of amides is 1. The molecule has 158 valence electrons. The molecule has 0 bridgehead atoms. The molecule has 4 heterocycles. The molecule has 9 nitrogen and oxygen atoms in total. The summed E-state index contributed by atoms with van der Waals surface area (Å²) in [7, 11) is 1.69. The third kappa shape index (κ3) is 3.49. The molecule has 5 rings (SSSR count). The minimum atomic E-state index is -0.306. The monoisotopic (exact) mass is 435 g/mol. The van der Waals surface area contributed by atoms with Gasteiger partial charge in [-0.3, -0.25) is 14.3 Å². The molecule has 10 heteroatoms. The van der Waals surface area contributed by atoms with Gasteiger partial charge in [-0.05, 0) is 18.2 Å². The highest BCUT2D eigenvalue weighted by atomic mass is 32.1. The molecule has 0 unspecified atom stereocenters. The molecule has 0 atom stereocenters. The molecule has 1 saturated heterocycles. The molecule has 0 aliphatic carbocycles. The lowest BCUT2D eigenvalue weighted by molar-refractivity contribution is 0.102. The molecule has 1 amide bonds. The van der Waals surface area contributed by atoms with Gasteiger partial charge in [0, 0.05) is 44.8 Å². The standard InChI is InChI=1S/C21H21N7O2S/c1-26-18-12-23-7-6-17(18)28(21(26)30)20-25-15(13-31-20)19(29)24-14-4-2-3-5-16(14)27-10-8-22-9-11-27/h2-7,12-13,22H,8-11H2,1H3,(H,24,29). The van der Waals surface area contributed by atoms with Gasteiger partial charge in [0.15, 0.2) is 5.13 Å². The first-order chi connectivity index (χ1) is 15.1. The summed E-state index contributed by atoms with van der Waals surface area (Å²) in [5.41, 5.74) is 3.19. The van der Waals surface area contributed by atoms with E-state index >= 15 is 0 Å². The van der Waals surface area contributed by atoms with Crippen molar-refractivity contribution in [3.63, 3.8) is 0 Å². The average Bonchev–Trinajstić information content (AvgIpc) is 3.38. The highest BCUT2D eigenvalue weighted by molar-refractivity contribution is 7.12. The normalized spacial score (nSPS) is 14.2. The van der Waals surface area contributed by atoms with E-state index in [9.17, 15) is 9.59 Å². The Balaban J connectivity index is 1.44. The van der Waals surface area contributed by atoms with Gasteiger partial charge < -0.3 is 15.5 Å². The number of aromatic nitrogens is 4. The molecule has 4 aromatic rings. The first-order valence-electron chi connectivity index (χ1n) is 9.97. The lowest BCUT2D eigenvalue weighted by atomic mass is 10.2. The van der Waals surface area contributed by atoms with Crippen molar-refractivity contribution in [3.8, 4) is 5.13 Å². The number of aryl methyl sites for hydroxylation is 1. The summed E-state index contributed by atoms with van der Waals surface area (Å²) in [6, 6.07) is 9.54. The predicted octanol–water partition coefficient (Wildman–Crippen LogP) is 1.84. The van der Waals surface area contributed by atoms with Gasteiger partial charge in [-0.15, -0.1) is 11.3 Å². The van der Waals surface area contributed by atoms with Crippen molar-refractivity contribution in [2.75, 3.05) is 36.4 Å². The smallest absolute Gasteiger partial charge is 0.335 e. The number of thiazole rings is 1. The Morgan fingerprint density at radius 2 is 1.97 bits per heavy atom. The molecule has 3 aromatic heterocycles. The van der Waals surface area contributed by atoms with Gasteiger partial charge in [0.2, 0.25) is 0 Å². The molecule has 2 N–H and O–H groups in total. The van der Waals surface area contributed by atoms with Gasteiger partial charge in [0.1, 0.15) is 5.69 Å². The van der Waals surface area contributed by atoms with Crippen molar-refractivity contribution in [2.24, 2.45) is 7.05 Å². The third-order valence-corrected chi connectivity index (χ3v) is 6.21. The van der Waals surface area contributed by atoms with E-state index in [2.05, 4.69) is 25.5 Å².